The van der Waals surface area contributed by atoms with E-state index in [-0.39, 0.29) is 28.8 Å². The standard InChI is InChI=1S/C34H45N3O8S/c1-9-29(33(39)35-34(3,4)5)36(22-24-11-15-26(42-6)16-12-24)32(38)23-37(25-13-17-27(18-14-25)45-10-2)46(40,41)28-19-20-30(43-7)31(21-28)44-8/h11-21,29H,9-10,22-23H2,1-8H3,(H,35,39)/t29-/m0/s1. The molecule has 0 heterocycles. The molecule has 0 unspecified atom stereocenters. The number of anilines is 1. The van der Waals surface area contributed by atoms with Crippen LogP contribution in [-0.2, 0) is 26.2 Å². The highest BCUT2D eigenvalue weighted by atomic mass is 32.2. The maximum Gasteiger partial charge on any atom is 0.264 e. The minimum absolute atomic E-state index is 0.0619. The number of ether oxygens (including phenoxy) is 4. The van der Waals surface area contributed by atoms with Crippen LogP contribution in [0.3, 0.4) is 0 Å². The van der Waals surface area contributed by atoms with Crippen LogP contribution in [0.1, 0.15) is 46.6 Å². The monoisotopic (exact) mass is 655 g/mol. The molecular formula is C34H45N3O8S. The highest BCUT2D eigenvalue weighted by molar-refractivity contribution is 7.92. The number of nitrogens with one attached hydrogen (secondary N) is 1. The number of sulfonamides is 1. The Morgan fingerprint density at radius 3 is 1.96 bits per heavy atom. The average molecular weight is 656 g/mol. The molecule has 12 heteroatoms. The lowest BCUT2D eigenvalue weighted by Gasteiger charge is -2.34. The molecule has 0 aliphatic rings. The second-order valence-electron chi connectivity index (χ2n) is 11.5. The van der Waals surface area contributed by atoms with E-state index in [1.165, 1.54) is 37.3 Å². The van der Waals surface area contributed by atoms with Crippen molar-refractivity contribution in [2.45, 2.75) is 64.1 Å². The van der Waals surface area contributed by atoms with Crippen molar-refractivity contribution in [3.63, 3.8) is 0 Å². The second-order valence-corrected chi connectivity index (χ2v) is 13.4. The third kappa shape index (κ3) is 9.06. The first-order chi connectivity index (χ1) is 21.8. The summed E-state index contributed by atoms with van der Waals surface area (Å²) in [5.74, 6) is 0.852. The van der Waals surface area contributed by atoms with Crippen LogP contribution < -0.4 is 28.6 Å². The van der Waals surface area contributed by atoms with E-state index < -0.39 is 34.1 Å². The smallest absolute Gasteiger partial charge is 0.264 e. The number of rotatable bonds is 15. The van der Waals surface area contributed by atoms with Crippen molar-refractivity contribution in [3.8, 4) is 23.0 Å². The van der Waals surface area contributed by atoms with Gasteiger partial charge in [0.1, 0.15) is 24.1 Å². The Hall–Kier alpha value is -4.45. The fourth-order valence-corrected chi connectivity index (χ4v) is 6.24. The lowest BCUT2D eigenvalue weighted by atomic mass is 10.1. The minimum atomic E-state index is -4.34. The number of benzene rings is 3. The SMILES string of the molecule is CCOc1ccc(N(CC(=O)N(Cc2ccc(OC)cc2)[C@@H](CC)C(=O)NC(C)(C)C)S(=O)(=O)c2ccc(OC)c(OC)c2)cc1. The van der Waals surface area contributed by atoms with Crippen molar-refractivity contribution in [2.24, 2.45) is 0 Å². The molecule has 0 aromatic heterocycles. The van der Waals surface area contributed by atoms with Gasteiger partial charge in [-0.15, -0.1) is 0 Å². The van der Waals surface area contributed by atoms with Gasteiger partial charge in [0.2, 0.25) is 11.8 Å². The van der Waals surface area contributed by atoms with Gasteiger partial charge in [-0.3, -0.25) is 13.9 Å². The van der Waals surface area contributed by atoms with Crippen LogP contribution in [0, 0.1) is 0 Å². The molecule has 2 amide bonds. The minimum Gasteiger partial charge on any atom is -0.497 e. The van der Waals surface area contributed by atoms with Crippen LogP contribution in [0.25, 0.3) is 0 Å². The first-order valence-corrected chi connectivity index (χ1v) is 16.4. The number of amides is 2. The summed E-state index contributed by atoms with van der Waals surface area (Å²) in [4.78, 5) is 29.2. The zero-order valence-corrected chi connectivity index (χ0v) is 28.6. The predicted molar refractivity (Wildman–Crippen MR) is 177 cm³/mol. The summed E-state index contributed by atoms with van der Waals surface area (Å²) in [6, 6.07) is 16.9. The van der Waals surface area contributed by atoms with Gasteiger partial charge in [-0.25, -0.2) is 8.42 Å². The molecule has 0 saturated heterocycles. The summed E-state index contributed by atoms with van der Waals surface area (Å²) in [5, 5.41) is 2.97. The Balaban J connectivity index is 2.12. The van der Waals surface area contributed by atoms with Crippen molar-refractivity contribution in [1.29, 1.82) is 0 Å². The molecule has 0 fully saturated rings. The molecular weight excluding hydrogens is 610 g/mol. The number of carbonyl (C=O) groups is 2. The van der Waals surface area contributed by atoms with Crippen LogP contribution in [0.15, 0.2) is 71.6 Å². The molecule has 0 aliphatic carbocycles. The van der Waals surface area contributed by atoms with Gasteiger partial charge in [-0.2, -0.15) is 0 Å². The normalized spacial score (nSPS) is 12.1. The summed E-state index contributed by atoms with van der Waals surface area (Å²) >= 11 is 0. The molecule has 0 saturated carbocycles. The van der Waals surface area contributed by atoms with Crippen molar-refractivity contribution >= 4 is 27.5 Å². The topological polar surface area (TPSA) is 124 Å². The van der Waals surface area contributed by atoms with Gasteiger partial charge >= 0.3 is 0 Å². The highest BCUT2D eigenvalue weighted by Gasteiger charge is 2.35. The van der Waals surface area contributed by atoms with Crippen LogP contribution in [-0.4, -0.2) is 71.2 Å². The fourth-order valence-electron chi connectivity index (χ4n) is 4.81. The van der Waals surface area contributed by atoms with Crippen LogP contribution in [0.4, 0.5) is 5.69 Å². The zero-order valence-electron chi connectivity index (χ0n) is 27.8. The van der Waals surface area contributed by atoms with E-state index in [2.05, 4.69) is 5.32 Å². The van der Waals surface area contributed by atoms with E-state index in [9.17, 15) is 18.0 Å². The number of methoxy groups -OCH3 is 3. The van der Waals surface area contributed by atoms with Crippen molar-refractivity contribution < 1.29 is 37.0 Å². The maximum absolute atomic E-state index is 14.3. The summed E-state index contributed by atoms with van der Waals surface area (Å²) in [6.07, 6.45) is 0.301. The molecule has 1 atom stereocenters. The molecule has 11 nitrogen and oxygen atoms in total. The lowest BCUT2D eigenvalue weighted by Crippen LogP contribution is -2.55. The Labute approximate surface area is 272 Å². The van der Waals surface area contributed by atoms with Crippen LogP contribution in [0.5, 0.6) is 23.0 Å². The van der Waals surface area contributed by atoms with Gasteiger partial charge in [0, 0.05) is 18.2 Å². The number of hydrogen-bond donors (Lipinski definition) is 1. The Morgan fingerprint density at radius 2 is 1.43 bits per heavy atom. The van der Waals surface area contributed by atoms with Gasteiger partial charge in [0.25, 0.3) is 10.0 Å². The Bertz CT molecular complexity index is 1570. The molecule has 3 aromatic carbocycles. The number of nitrogens with zero attached hydrogens (tertiary/aromatic N) is 2. The van der Waals surface area contributed by atoms with Crippen LogP contribution >= 0.6 is 0 Å². The second kappa shape index (κ2) is 15.7. The zero-order chi connectivity index (χ0) is 34.1. The molecule has 3 rings (SSSR count). The van der Waals surface area contributed by atoms with E-state index in [1.54, 1.807) is 55.6 Å². The van der Waals surface area contributed by atoms with Gasteiger partial charge in [-0.1, -0.05) is 19.1 Å². The van der Waals surface area contributed by atoms with E-state index in [0.29, 0.717) is 30.3 Å². The van der Waals surface area contributed by atoms with Gasteiger partial charge in [0.15, 0.2) is 11.5 Å². The molecule has 250 valence electrons. The van der Waals surface area contributed by atoms with E-state index in [4.69, 9.17) is 18.9 Å². The quantitative estimate of drug-likeness (QED) is 0.242. The maximum atomic E-state index is 14.3. The van der Waals surface area contributed by atoms with Crippen molar-refractivity contribution in [1.82, 2.24) is 10.2 Å². The predicted octanol–water partition coefficient (Wildman–Crippen LogP) is 5.03. The first-order valence-electron chi connectivity index (χ1n) is 15.0. The number of hydrogen-bond acceptors (Lipinski definition) is 8. The lowest BCUT2D eigenvalue weighted by molar-refractivity contribution is -0.141. The average Bonchev–Trinajstić information content (AvgIpc) is 3.03. The van der Waals surface area contributed by atoms with Gasteiger partial charge in [0.05, 0.1) is 38.5 Å². The molecule has 3 aromatic rings. The third-order valence-corrected chi connectivity index (χ3v) is 8.82. The van der Waals surface area contributed by atoms with E-state index >= 15 is 0 Å². The molecule has 0 spiro atoms. The largest absolute Gasteiger partial charge is 0.497 e. The third-order valence-electron chi connectivity index (χ3n) is 7.05. The summed E-state index contributed by atoms with van der Waals surface area (Å²) in [7, 11) is 0.0842. The number of carbonyl (C=O) groups excluding carboxylic acids is 2. The summed E-state index contributed by atoms with van der Waals surface area (Å²) in [6.45, 7) is 9.14. The first kappa shape index (κ1) is 36.0. The Morgan fingerprint density at radius 1 is 0.826 bits per heavy atom. The molecule has 0 radical (unpaired) electrons. The molecule has 0 aliphatic heterocycles. The highest BCUT2D eigenvalue weighted by Crippen LogP contribution is 2.33. The molecule has 46 heavy (non-hydrogen) atoms. The Kier molecular flexibility index (Phi) is 12.3. The molecule has 1 N–H and O–H groups in total. The van der Waals surface area contributed by atoms with Crippen molar-refractivity contribution in [3.05, 3.63) is 72.3 Å². The van der Waals surface area contributed by atoms with E-state index in [1.807, 2.05) is 34.6 Å². The summed E-state index contributed by atoms with van der Waals surface area (Å²) in [5.41, 5.74) is 0.430. The van der Waals surface area contributed by atoms with Crippen molar-refractivity contribution in [2.75, 3.05) is 38.8 Å². The van der Waals surface area contributed by atoms with Crippen LogP contribution in [0.2, 0.25) is 0 Å². The van der Waals surface area contributed by atoms with E-state index in [0.717, 1.165) is 9.87 Å². The fraction of sp³-hybridized carbons (Fsp3) is 0.412. The molecule has 0 bridgehead atoms. The van der Waals surface area contributed by atoms with Gasteiger partial charge < -0.3 is 29.2 Å². The summed E-state index contributed by atoms with van der Waals surface area (Å²) < 4.78 is 51.1. The van der Waals surface area contributed by atoms with Gasteiger partial charge in [-0.05, 0) is 88.2 Å².